The number of hydrogen-bond acceptors (Lipinski definition) is 7. The Kier molecular flexibility index (Phi) is 7.32. The predicted octanol–water partition coefficient (Wildman–Crippen LogP) is 5.27. The van der Waals surface area contributed by atoms with Crippen LogP contribution in [0.25, 0.3) is 22.3 Å². The summed E-state index contributed by atoms with van der Waals surface area (Å²) in [4.78, 5) is 37.6. The molecule has 5 rings (SSSR count). The van der Waals surface area contributed by atoms with E-state index in [2.05, 4.69) is 43.9 Å². The van der Waals surface area contributed by atoms with Gasteiger partial charge in [0, 0.05) is 62.2 Å². The molecule has 0 radical (unpaired) electrons. The number of H-pyrrole nitrogens is 1. The summed E-state index contributed by atoms with van der Waals surface area (Å²) in [7, 11) is 0. The minimum absolute atomic E-state index is 0.204. The molecular formula is C28H32ClN7O2. The summed E-state index contributed by atoms with van der Waals surface area (Å²) in [5.74, 6) is 0.848. The van der Waals surface area contributed by atoms with Gasteiger partial charge in [-0.1, -0.05) is 17.7 Å². The van der Waals surface area contributed by atoms with Crippen molar-refractivity contribution in [2.45, 2.75) is 45.8 Å². The number of fused-ring (bicyclic) bond motifs is 1. The van der Waals surface area contributed by atoms with E-state index in [0.29, 0.717) is 24.7 Å². The van der Waals surface area contributed by atoms with Crippen LogP contribution in [0, 0.1) is 0 Å². The molecule has 1 atom stereocenters. The average molecular weight is 534 g/mol. The van der Waals surface area contributed by atoms with Gasteiger partial charge in [0.15, 0.2) is 0 Å². The van der Waals surface area contributed by atoms with Gasteiger partial charge < -0.3 is 14.6 Å². The van der Waals surface area contributed by atoms with E-state index >= 15 is 0 Å². The monoisotopic (exact) mass is 533 g/mol. The van der Waals surface area contributed by atoms with E-state index in [1.54, 1.807) is 11.0 Å². The Morgan fingerprint density at radius 2 is 1.87 bits per heavy atom. The highest BCUT2D eigenvalue weighted by molar-refractivity contribution is 6.29. The largest absolute Gasteiger partial charge is 0.444 e. The highest BCUT2D eigenvalue weighted by Gasteiger charge is 2.28. The number of nitrogens with one attached hydrogen (secondary N) is 1. The molecule has 198 valence electrons. The van der Waals surface area contributed by atoms with Crippen LogP contribution in [0.5, 0.6) is 0 Å². The number of amides is 1. The van der Waals surface area contributed by atoms with Crippen LogP contribution in [0.4, 0.5) is 4.79 Å². The second-order valence-corrected chi connectivity index (χ2v) is 11.0. The molecule has 4 heterocycles. The van der Waals surface area contributed by atoms with Gasteiger partial charge >= 0.3 is 6.09 Å². The van der Waals surface area contributed by atoms with Gasteiger partial charge in [-0.05, 0) is 57.5 Å². The number of carbonyl (C=O) groups excluding carboxylic acids is 1. The van der Waals surface area contributed by atoms with Crippen LogP contribution in [0.3, 0.4) is 0 Å². The van der Waals surface area contributed by atoms with Crippen molar-refractivity contribution in [2.75, 3.05) is 26.2 Å². The normalized spacial score (nSPS) is 15.6. The van der Waals surface area contributed by atoms with Crippen LogP contribution in [0.2, 0.25) is 5.15 Å². The van der Waals surface area contributed by atoms with Crippen molar-refractivity contribution in [3.8, 4) is 11.3 Å². The first-order valence-electron chi connectivity index (χ1n) is 12.8. The molecule has 38 heavy (non-hydrogen) atoms. The Morgan fingerprint density at radius 3 is 2.61 bits per heavy atom. The van der Waals surface area contributed by atoms with Gasteiger partial charge in [-0.2, -0.15) is 0 Å². The SMILES string of the molecule is CC(c1ccnc(Cc2nc3ccc(-c4cc(Cl)ncn4)cc3[nH]2)c1)N1CCN(C(=O)OC(C)(C)C)CC1. The third-order valence-corrected chi connectivity index (χ3v) is 6.85. The van der Waals surface area contributed by atoms with Crippen LogP contribution in [-0.2, 0) is 11.2 Å². The first-order valence-corrected chi connectivity index (χ1v) is 13.2. The summed E-state index contributed by atoms with van der Waals surface area (Å²) in [5, 5.41) is 0.408. The lowest BCUT2D eigenvalue weighted by atomic mass is 10.1. The van der Waals surface area contributed by atoms with Crippen molar-refractivity contribution in [3.63, 3.8) is 0 Å². The molecule has 1 aliphatic rings. The van der Waals surface area contributed by atoms with Crippen LogP contribution in [0.15, 0.2) is 48.9 Å². The molecule has 1 saturated heterocycles. The number of pyridine rings is 1. The van der Waals surface area contributed by atoms with Gasteiger partial charge in [-0.15, -0.1) is 0 Å². The van der Waals surface area contributed by atoms with E-state index in [9.17, 15) is 4.79 Å². The Balaban J connectivity index is 1.24. The molecule has 0 aliphatic carbocycles. The summed E-state index contributed by atoms with van der Waals surface area (Å²) < 4.78 is 5.53. The van der Waals surface area contributed by atoms with E-state index in [-0.39, 0.29) is 12.1 Å². The number of rotatable bonds is 5. The Labute approximate surface area is 227 Å². The molecule has 0 bridgehead atoms. The number of aromatic amines is 1. The lowest BCUT2D eigenvalue weighted by molar-refractivity contribution is 0.0110. The number of ether oxygens (including phenoxy) is 1. The molecular weight excluding hydrogens is 502 g/mol. The molecule has 0 spiro atoms. The van der Waals surface area contributed by atoms with Crippen LogP contribution in [0.1, 0.15) is 50.8 Å². The summed E-state index contributed by atoms with van der Waals surface area (Å²) in [6, 6.07) is 12.1. The van der Waals surface area contributed by atoms with Gasteiger partial charge in [-0.3, -0.25) is 9.88 Å². The van der Waals surface area contributed by atoms with Crippen molar-refractivity contribution < 1.29 is 9.53 Å². The molecule has 9 nitrogen and oxygen atoms in total. The molecule has 4 aromatic rings. The van der Waals surface area contributed by atoms with Crippen LogP contribution < -0.4 is 0 Å². The van der Waals surface area contributed by atoms with Crippen molar-refractivity contribution >= 4 is 28.7 Å². The number of piperazine rings is 1. The molecule has 1 unspecified atom stereocenters. The molecule has 0 saturated carbocycles. The quantitative estimate of drug-likeness (QED) is 0.349. The molecule has 10 heteroatoms. The van der Waals surface area contributed by atoms with Gasteiger partial charge in [0.2, 0.25) is 0 Å². The van der Waals surface area contributed by atoms with Gasteiger partial charge in [0.1, 0.15) is 22.9 Å². The zero-order valence-corrected chi connectivity index (χ0v) is 22.9. The predicted molar refractivity (Wildman–Crippen MR) is 147 cm³/mol. The van der Waals surface area contributed by atoms with E-state index in [4.69, 9.17) is 21.3 Å². The average Bonchev–Trinajstić information content (AvgIpc) is 3.29. The number of nitrogens with zero attached hydrogens (tertiary/aromatic N) is 6. The number of imidazole rings is 1. The fourth-order valence-corrected chi connectivity index (χ4v) is 4.80. The maximum absolute atomic E-state index is 12.4. The molecule has 3 aromatic heterocycles. The summed E-state index contributed by atoms with van der Waals surface area (Å²) in [6.07, 6.45) is 3.67. The Morgan fingerprint density at radius 1 is 1.08 bits per heavy atom. The Bertz CT molecular complexity index is 1440. The van der Waals surface area contributed by atoms with Gasteiger partial charge in [0.25, 0.3) is 0 Å². The molecule has 1 amide bonds. The minimum atomic E-state index is -0.484. The topological polar surface area (TPSA) is 100 Å². The highest BCUT2D eigenvalue weighted by Crippen LogP contribution is 2.25. The van der Waals surface area contributed by atoms with E-state index in [0.717, 1.165) is 46.9 Å². The van der Waals surface area contributed by atoms with Crippen molar-refractivity contribution in [2.24, 2.45) is 0 Å². The first kappa shape index (κ1) is 26.1. The maximum atomic E-state index is 12.4. The first-order chi connectivity index (χ1) is 18.1. The number of aromatic nitrogens is 5. The van der Waals surface area contributed by atoms with E-state index in [1.165, 1.54) is 11.9 Å². The third kappa shape index (κ3) is 6.11. The van der Waals surface area contributed by atoms with Crippen molar-refractivity contribution in [1.82, 2.24) is 34.7 Å². The van der Waals surface area contributed by atoms with Crippen molar-refractivity contribution in [1.29, 1.82) is 0 Å². The molecule has 1 N–H and O–H groups in total. The van der Waals surface area contributed by atoms with Gasteiger partial charge in [0.05, 0.1) is 16.7 Å². The highest BCUT2D eigenvalue weighted by atomic mass is 35.5. The zero-order chi connectivity index (χ0) is 26.9. The smallest absolute Gasteiger partial charge is 0.410 e. The van der Waals surface area contributed by atoms with E-state index in [1.807, 2.05) is 45.2 Å². The number of hydrogen-bond donors (Lipinski definition) is 1. The minimum Gasteiger partial charge on any atom is -0.444 e. The maximum Gasteiger partial charge on any atom is 0.410 e. The van der Waals surface area contributed by atoms with Crippen molar-refractivity contribution in [3.05, 3.63) is 71.2 Å². The fraction of sp³-hybridized carbons (Fsp3) is 0.393. The standard InChI is InChI=1S/C28H32ClN7O2/c1-18(35-9-11-36(12-10-35)27(37)38-28(2,3)4)19-7-8-30-21(13-19)15-26-33-22-6-5-20(14-24(22)34-26)23-16-25(29)32-17-31-23/h5-8,13-14,16-18H,9-12,15H2,1-4H3,(H,33,34). The van der Waals surface area contributed by atoms with Gasteiger partial charge in [-0.25, -0.2) is 19.7 Å². The molecule has 1 fully saturated rings. The fourth-order valence-electron chi connectivity index (χ4n) is 4.65. The summed E-state index contributed by atoms with van der Waals surface area (Å²) in [5.41, 5.74) is 5.18. The molecule has 1 aromatic carbocycles. The lowest BCUT2D eigenvalue weighted by Crippen LogP contribution is -2.50. The summed E-state index contributed by atoms with van der Waals surface area (Å²) >= 11 is 6.03. The molecule has 1 aliphatic heterocycles. The summed E-state index contributed by atoms with van der Waals surface area (Å²) in [6.45, 7) is 10.8. The number of carbonyl (C=O) groups is 1. The number of benzene rings is 1. The Hall–Kier alpha value is -3.56. The van der Waals surface area contributed by atoms with Crippen LogP contribution in [-0.4, -0.2) is 72.6 Å². The second kappa shape index (κ2) is 10.7. The lowest BCUT2D eigenvalue weighted by Gasteiger charge is -2.38. The van der Waals surface area contributed by atoms with Crippen LogP contribution >= 0.6 is 11.6 Å². The zero-order valence-electron chi connectivity index (χ0n) is 22.1. The van der Waals surface area contributed by atoms with E-state index < -0.39 is 5.60 Å². The third-order valence-electron chi connectivity index (χ3n) is 6.65. The number of halogens is 1. The second-order valence-electron chi connectivity index (χ2n) is 10.6.